The Bertz CT molecular complexity index is 366. The number of anilines is 1. The maximum absolute atomic E-state index is 8.72. The van der Waals surface area contributed by atoms with Crippen LogP contribution in [0.25, 0.3) is 0 Å². The van der Waals surface area contributed by atoms with Crippen molar-refractivity contribution >= 4 is 5.69 Å². The molecule has 0 aromatic heterocycles. The first kappa shape index (κ1) is 11.1. The quantitative estimate of drug-likeness (QED) is 0.761. The van der Waals surface area contributed by atoms with E-state index in [0.29, 0.717) is 13.2 Å². The Labute approximate surface area is 95.2 Å². The lowest BCUT2D eigenvalue weighted by molar-refractivity contribution is 0.171. The van der Waals surface area contributed by atoms with Crippen molar-refractivity contribution in [3.8, 4) is 11.5 Å². The Balaban J connectivity index is 2.12. The van der Waals surface area contributed by atoms with E-state index in [1.807, 2.05) is 19.1 Å². The van der Waals surface area contributed by atoms with Crippen molar-refractivity contribution in [2.24, 2.45) is 0 Å². The van der Waals surface area contributed by atoms with Crippen LogP contribution in [-0.4, -0.2) is 31.5 Å². The Morgan fingerprint density at radius 3 is 2.62 bits per heavy atom. The third kappa shape index (κ3) is 2.39. The van der Waals surface area contributed by atoms with Gasteiger partial charge in [0.1, 0.15) is 13.2 Å². The van der Waals surface area contributed by atoms with Gasteiger partial charge in [-0.2, -0.15) is 0 Å². The van der Waals surface area contributed by atoms with Crippen LogP contribution >= 0.6 is 0 Å². The molecule has 4 heteroatoms. The van der Waals surface area contributed by atoms with Gasteiger partial charge < -0.3 is 19.9 Å². The Morgan fingerprint density at radius 2 is 1.94 bits per heavy atom. The number of aryl methyl sites for hydroxylation is 1. The monoisotopic (exact) mass is 223 g/mol. The maximum Gasteiger partial charge on any atom is 0.163 e. The van der Waals surface area contributed by atoms with Crippen molar-refractivity contribution in [3.63, 3.8) is 0 Å². The molecule has 1 heterocycles. The standard InChI is InChI=1S/C12H17NO3/c1-9-7-11-12(16-6-5-15-11)8-10(9)13-3-2-4-14/h7-8,13-14H,2-6H2,1H3. The number of fused-ring (bicyclic) bond motifs is 1. The molecule has 0 amide bonds. The zero-order valence-electron chi connectivity index (χ0n) is 9.45. The van der Waals surface area contributed by atoms with Gasteiger partial charge in [0, 0.05) is 24.9 Å². The lowest BCUT2D eigenvalue weighted by Crippen LogP contribution is -2.16. The fraction of sp³-hybridized carbons (Fsp3) is 0.500. The van der Waals surface area contributed by atoms with Gasteiger partial charge in [-0.05, 0) is 25.0 Å². The molecule has 0 aliphatic carbocycles. The highest BCUT2D eigenvalue weighted by Crippen LogP contribution is 2.35. The Morgan fingerprint density at radius 1 is 1.25 bits per heavy atom. The topological polar surface area (TPSA) is 50.7 Å². The van der Waals surface area contributed by atoms with Gasteiger partial charge >= 0.3 is 0 Å². The molecular weight excluding hydrogens is 206 g/mol. The molecule has 88 valence electrons. The molecule has 0 spiro atoms. The van der Waals surface area contributed by atoms with Gasteiger partial charge in [-0.1, -0.05) is 0 Å². The summed E-state index contributed by atoms with van der Waals surface area (Å²) in [4.78, 5) is 0. The normalized spacial score (nSPS) is 13.6. The van der Waals surface area contributed by atoms with Crippen LogP contribution in [0.3, 0.4) is 0 Å². The first-order valence-electron chi connectivity index (χ1n) is 5.56. The molecule has 0 bridgehead atoms. The molecule has 2 rings (SSSR count). The van der Waals surface area contributed by atoms with Gasteiger partial charge in [-0.15, -0.1) is 0 Å². The maximum atomic E-state index is 8.72. The molecule has 1 aromatic carbocycles. The molecule has 0 atom stereocenters. The molecule has 1 aromatic rings. The first-order chi connectivity index (χ1) is 7.81. The molecule has 0 saturated carbocycles. The number of benzene rings is 1. The number of aliphatic hydroxyl groups excluding tert-OH is 1. The second-order valence-corrected chi connectivity index (χ2v) is 3.81. The fourth-order valence-corrected chi connectivity index (χ4v) is 1.68. The summed E-state index contributed by atoms with van der Waals surface area (Å²) in [5.41, 5.74) is 2.17. The van der Waals surface area contributed by atoms with E-state index in [-0.39, 0.29) is 6.61 Å². The van der Waals surface area contributed by atoms with E-state index in [0.717, 1.165) is 35.7 Å². The minimum absolute atomic E-state index is 0.205. The molecule has 1 aliphatic rings. The number of aliphatic hydroxyl groups is 1. The van der Waals surface area contributed by atoms with Gasteiger partial charge in [-0.3, -0.25) is 0 Å². The molecule has 0 fully saturated rings. The molecule has 0 unspecified atom stereocenters. The molecule has 0 saturated heterocycles. The van der Waals surface area contributed by atoms with E-state index in [1.54, 1.807) is 0 Å². The van der Waals surface area contributed by atoms with Crippen LogP contribution < -0.4 is 14.8 Å². The lowest BCUT2D eigenvalue weighted by atomic mass is 10.1. The number of hydrogen-bond acceptors (Lipinski definition) is 4. The third-order valence-electron chi connectivity index (χ3n) is 2.54. The second kappa shape index (κ2) is 5.07. The van der Waals surface area contributed by atoms with Crippen LogP contribution in [0.4, 0.5) is 5.69 Å². The van der Waals surface area contributed by atoms with Crippen LogP contribution in [0.5, 0.6) is 11.5 Å². The van der Waals surface area contributed by atoms with Gasteiger partial charge in [0.15, 0.2) is 11.5 Å². The van der Waals surface area contributed by atoms with E-state index >= 15 is 0 Å². The van der Waals surface area contributed by atoms with Crippen molar-refractivity contribution in [3.05, 3.63) is 17.7 Å². The zero-order valence-corrected chi connectivity index (χ0v) is 9.45. The number of hydrogen-bond donors (Lipinski definition) is 2. The van der Waals surface area contributed by atoms with Crippen LogP contribution in [-0.2, 0) is 0 Å². The largest absolute Gasteiger partial charge is 0.486 e. The van der Waals surface area contributed by atoms with Crippen LogP contribution in [0.2, 0.25) is 0 Å². The summed E-state index contributed by atoms with van der Waals surface area (Å²) in [5, 5.41) is 12.0. The third-order valence-corrected chi connectivity index (χ3v) is 2.54. The van der Waals surface area contributed by atoms with Gasteiger partial charge in [0.2, 0.25) is 0 Å². The summed E-state index contributed by atoms with van der Waals surface area (Å²) in [6, 6.07) is 3.94. The summed E-state index contributed by atoms with van der Waals surface area (Å²) < 4.78 is 11.0. The van der Waals surface area contributed by atoms with E-state index < -0.39 is 0 Å². The number of ether oxygens (including phenoxy) is 2. The summed E-state index contributed by atoms with van der Waals surface area (Å²) in [6.45, 7) is 4.21. The van der Waals surface area contributed by atoms with Crippen molar-refractivity contribution in [2.75, 3.05) is 31.7 Å². The summed E-state index contributed by atoms with van der Waals surface area (Å²) in [6.07, 6.45) is 0.744. The lowest BCUT2D eigenvalue weighted by Gasteiger charge is -2.20. The highest BCUT2D eigenvalue weighted by atomic mass is 16.6. The van der Waals surface area contributed by atoms with Crippen LogP contribution in [0, 0.1) is 6.92 Å². The predicted molar refractivity (Wildman–Crippen MR) is 62.4 cm³/mol. The van der Waals surface area contributed by atoms with Crippen molar-refractivity contribution in [1.29, 1.82) is 0 Å². The highest BCUT2D eigenvalue weighted by molar-refractivity contribution is 5.60. The summed E-state index contributed by atoms with van der Waals surface area (Å²) in [5.74, 6) is 1.61. The fourth-order valence-electron chi connectivity index (χ4n) is 1.68. The Kier molecular flexibility index (Phi) is 3.51. The Hall–Kier alpha value is -1.42. The predicted octanol–water partition coefficient (Wildman–Crippen LogP) is 1.56. The first-order valence-corrected chi connectivity index (χ1v) is 5.56. The van der Waals surface area contributed by atoms with Crippen LogP contribution in [0.15, 0.2) is 12.1 Å². The molecular formula is C12H17NO3. The van der Waals surface area contributed by atoms with Gasteiger partial charge in [-0.25, -0.2) is 0 Å². The van der Waals surface area contributed by atoms with Crippen molar-refractivity contribution in [2.45, 2.75) is 13.3 Å². The number of nitrogens with one attached hydrogen (secondary N) is 1. The smallest absolute Gasteiger partial charge is 0.163 e. The molecule has 1 aliphatic heterocycles. The van der Waals surface area contributed by atoms with E-state index in [1.165, 1.54) is 0 Å². The van der Waals surface area contributed by atoms with E-state index in [4.69, 9.17) is 14.6 Å². The SMILES string of the molecule is Cc1cc2c(cc1NCCCO)OCCO2. The molecule has 2 N–H and O–H groups in total. The average Bonchev–Trinajstić information content (AvgIpc) is 2.30. The number of rotatable bonds is 4. The average molecular weight is 223 g/mol. The minimum atomic E-state index is 0.205. The van der Waals surface area contributed by atoms with Gasteiger partial charge in [0.25, 0.3) is 0 Å². The van der Waals surface area contributed by atoms with E-state index in [2.05, 4.69) is 5.32 Å². The van der Waals surface area contributed by atoms with Crippen LogP contribution in [0.1, 0.15) is 12.0 Å². The van der Waals surface area contributed by atoms with E-state index in [9.17, 15) is 0 Å². The van der Waals surface area contributed by atoms with Gasteiger partial charge in [0.05, 0.1) is 0 Å². The molecule has 0 radical (unpaired) electrons. The summed E-state index contributed by atoms with van der Waals surface area (Å²) in [7, 11) is 0. The van der Waals surface area contributed by atoms with Crippen molar-refractivity contribution in [1.82, 2.24) is 0 Å². The second-order valence-electron chi connectivity index (χ2n) is 3.81. The molecule has 16 heavy (non-hydrogen) atoms. The highest BCUT2D eigenvalue weighted by Gasteiger charge is 2.13. The zero-order chi connectivity index (χ0) is 11.4. The summed E-state index contributed by atoms with van der Waals surface area (Å²) >= 11 is 0. The minimum Gasteiger partial charge on any atom is -0.486 e. The molecule has 4 nitrogen and oxygen atoms in total. The van der Waals surface area contributed by atoms with Crippen molar-refractivity contribution < 1.29 is 14.6 Å².